The van der Waals surface area contributed by atoms with Gasteiger partial charge in [-0.05, 0) is 61.9 Å². The van der Waals surface area contributed by atoms with E-state index in [1.165, 1.54) is 0 Å². The first-order chi connectivity index (χ1) is 17.8. The highest BCUT2D eigenvalue weighted by molar-refractivity contribution is 7.98. The monoisotopic (exact) mass is 548 g/mol. The standard InChI is InChI=1S/C30H26Cl2N2O2S/c1-17-6-8-19(9-7-17)29(36)28-26(18-10-13-21(37-2)14-11-18)27-24(4-3-5-25(27)35)34(30(28)33)20-12-15-22(31)23(32)16-20/h6-16,26,33,36H,3-5H2,1-2H3/b29-28+,33-30?. The molecule has 0 saturated heterocycles. The van der Waals surface area contributed by atoms with Crippen molar-refractivity contribution in [3.8, 4) is 0 Å². The van der Waals surface area contributed by atoms with Gasteiger partial charge < -0.3 is 5.11 Å². The first-order valence-corrected chi connectivity index (χ1v) is 14.0. The van der Waals surface area contributed by atoms with Crippen molar-refractivity contribution < 1.29 is 9.90 Å². The molecule has 0 bridgehead atoms. The van der Waals surface area contributed by atoms with E-state index in [0.29, 0.717) is 51.7 Å². The molecular weight excluding hydrogens is 523 g/mol. The van der Waals surface area contributed by atoms with Crippen molar-refractivity contribution in [3.63, 3.8) is 0 Å². The third-order valence-electron chi connectivity index (χ3n) is 6.95. The third kappa shape index (κ3) is 4.72. The van der Waals surface area contributed by atoms with E-state index in [-0.39, 0.29) is 17.4 Å². The summed E-state index contributed by atoms with van der Waals surface area (Å²) in [5, 5.41) is 21.9. The summed E-state index contributed by atoms with van der Waals surface area (Å²) < 4.78 is 0. The van der Waals surface area contributed by atoms with E-state index >= 15 is 0 Å². The SMILES string of the molecule is CSc1ccc(C2C3=C(CCCC3=O)N(c3ccc(Cl)c(Cl)c3)C(=N)/C2=C(/O)c2ccc(C)cc2)cc1. The highest BCUT2D eigenvalue weighted by atomic mass is 35.5. The Morgan fingerprint density at radius 3 is 2.35 bits per heavy atom. The number of nitrogens with zero attached hydrogens (tertiary/aromatic N) is 1. The van der Waals surface area contributed by atoms with Gasteiger partial charge in [0.25, 0.3) is 0 Å². The summed E-state index contributed by atoms with van der Waals surface area (Å²) in [6.07, 6.45) is 3.78. The van der Waals surface area contributed by atoms with E-state index < -0.39 is 5.92 Å². The molecule has 1 heterocycles. The zero-order chi connectivity index (χ0) is 26.3. The second-order valence-corrected chi connectivity index (χ2v) is 10.9. The number of amidine groups is 1. The molecule has 0 fully saturated rings. The first kappa shape index (κ1) is 25.7. The molecular formula is C30H26Cl2N2O2S. The molecule has 1 atom stereocenters. The number of nitrogens with one attached hydrogen (secondary N) is 1. The van der Waals surface area contributed by atoms with Gasteiger partial charge in [-0.3, -0.25) is 15.1 Å². The summed E-state index contributed by atoms with van der Waals surface area (Å²) in [4.78, 5) is 16.4. The Kier molecular flexibility index (Phi) is 7.21. The number of hydrogen-bond donors (Lipinski definition) is 2. The van der Waals surface area contributed by atoms with Crippen molar-refractivity contribution in [3.05, 3.63) is 110 Å². The van der Waals surface area contributed by atoms with E-state index in [0.717, 1.165) is 21.7 Å². The second-order valence-electron chi connectivity index (χ2n) is 9.25. The Morgan fingerprint density at radius 1 is 1.00 bits per heavy atom. The van der Waals surface area contributed by atoms with Crippen molar-refractivity contribution in [1.29, 1.82) is 5.41 Å². The minimum Gasteiger partial charge on any atom is -0.507 e. The molecule has 3 aromatic carbocycles. The Morgan fingerprint density at radius 2 is 1.70 bits per heavy atom. The van der Waals surface area contributed by atoms with Crippen LogP contribution < -0.4 is 4.90 Å². The normalized spacial score (nSPS) is 19.2. The van der Waals surface area contributed by atoms with Crippen LogP contribution in [0.4, 0.5) is 5.69 Å². The fourth-order valence-electron chi connectivity index (χ4n) is 5.10. The van der Waals surface area contributed by atoms with Gasteiger partial charge in [0.15, 0.2) is 5.78 Å². The molecule has 7 heteroatoms. The molecule has 0 radical (unpaired) electrons. The molecule has 0 amide bonds. The third-order valence-corrected chi connectivity index (χ3v) is 8.43. The number of allylic oxidation sites excluding steroid dienone is 2. The molecule has 1 aliphatic carbocycles. The Hall–Kier alpha value is -2.99. The first-order valence-electron chi connectivity index (χ1n) is 12.0. The van der Waals surface area contributed by atoms with Gasteiger partial charge in [0.05, 0.1) is 10.0 Å². The van der Waals surface area contributed by atoms with Crippen LogP contribution in [0.2, 0.25) is 10.0 Å². The van der Waals surface area contributed by atoms with Crippen LogP contribution in [-0.4, -0.2) is 23.0 Å². The summed E-state index contributed by atoms with van der Waals surface area (Å²) in [5.74, 6) is -0.429. The van der Waals surface area contributed by atoms with E-state index in [9.17, 15) is 15.3 Å². The number of rotatable bonds is 4. The maximum absolute atomic E-state index is 13.6. The summed E-state index contributed by atoms with van der Waals surface area (Å²) >= 11 is 14.2. The topological polar surface area (TPSA) is 64.4 Å². The molecule has 4 nitrogen and oxygen atoms in total. The molecule has 2 aliphatic rings. The lowest BCUT2D eigenvalue weighted by Crippen LogP contribution is -2.42. The number of ketones is 1. The Balaban J connectivity index is 1.81. The van der Waals surface area contributed by atoms with E-state index in [2.05, 4.69) is 0 Å². The van der Waals surface area contributed by atoms with E-state index in [1.54, 1.807) is 34.9 Å². The van der Waals surface area contributed by atoms with Crippen LogP contribution in [0.3, 0.4) is 0 Å². The Labute approximate surface area is 231 Å². The molecule has 1 unspecified atom stereocenters. The molecule has 0 spiro atoms. The predicted molar refractivity (Wildman–Crippen MR) is 154 cm³/mol. The average Bonchev–Trinajstić information content (AvgIpc) is 2.90. The van der Waals surface area contributed by atoms with Crippen molar-refractivity contribution in [2.45, 2.75) is 37.0 Å². The number of carbonyl (C=O) groups is 1. The molecule has 37 heavy (non-hydrogen) atoms. The zero-order valence-corrected chi connectivity index (χ0v) is 22.8. The van der Waals surface area contributed by atoms with Crippen LogP contribution in [0, 0.1) is 12.3 Å². The van der Waals surface area contributed by atoms with Gasteiger partial charge in [-0.2, -0.15) is 0 Å². The number of halogens is 2. The molecule has 0 aromatic heterocycles. The summed E-state index contributed by atoms with van der Waals surface area (Å²) in [5.41, 5.74) is 4.95. The van der Waals surface area contributed by atoms with Gasteiger partial charge in [-0.25, -0.2) is 0 Å². The molecule has 1 aliphatic heterocycles. The minimum atomic E-state index is -0.563. The zero-order valence-electron chi connectivity index (χ0n) is 20.5. The van der Waals surface area contributed by atoms with Crippen molar-refractivity contribution >= 4 is 58.0 Å². The largest absolute Gasteiger partial charge is 0.507 e. The highest BCUT2D eigenvalue weighted by Gasteiger charge is 2.43. The number of carbonyl (C=O) groups excluding carboxylic acids is 1. The molecule has 5 rings (SSSR count). The number of aliphatic hydroxyl groups is 1. The Bertz CT molecular complexity index is 1460. The van der Waals surface area contributed by atoms with Gasteiger partial charge in [-0.15, -0.1) is 11.8 Å². The quantitative estimate of drug-likeness (QED) is 0.253. The average molecular weight is 550 g/mol. The van der Waals surface area contributed by atoms with Gasteiger partial charge in [0.2, 0.25) is 0 Å². The fraction of sp³-hybridized carbons (Fsp3) is 0.200. The number of anilines is 1. The summed E-state index contributed by atoms with van der Waals surface area (Å²) in [7, 11) is 0. The highest BCUT2D eigenvalue weighted by Crippen LogP contribution is 2.48. The van der Waals surface area contributed by atoms with Crippen molar-refractivity contribution in [2.24, 2.45) is 0 Å². The van der Waals surface area contributed by atoms with Gasteiger partial charge in [0.1, 0.15) is 11.6 Å². The van der Waals surface area contributed by atoms with E-state index in [1.807, 2.05) is 61.7 Å². The maximum Gasteiger partial charge on any atom is 0.161 e. The molecule has 3 aromatic rings. The summed E-state index contributed by atoms with van der Waals surface area (Å²) in [6, 6.07) is 20.7. The lowest BCUT2D eigenvalue weighted by atomic mass is 9.73. The van der Waals surface area contributed by atoms with Crippen molar-refractivity contribution in [1.82, 2.24) is 0 Å². The lowest BCUT2D eigenvalue weighted by molar-refractivity contribution is -0.116. The predicted octanol–water partition coefficient (Wildman–Crippen LogP) is 8.58. The number of thioether (sulfide) groups is 1. The van der Waals surface area contributed by atoms with Crippen LogP contribution in [0.1, 0.15) is 41.9 Å². The van der Waals surface area contributed by atoms with Gasteiger partial charge in [-0.1, -0.05) is 65.2 Å². The number of Topliss-reactive ketones (excluding diaryl/α,β-unsaturated/α-hetero) is 1. The number of hydrogen-bond acceptors (Lipinski definition) is 4. The minimum absolute atomic E-state index is 0.0149. The van der Waals surface area contributed by atoms with Crippen LogP contribution in [0.5, 0.6) is 0 Å². The van der Waals surface area contributed by atoms with Gasteiger partial charge in [0, 0.05) is 45.3 Å². The van der Waals surface area contributed by atoms with E-state index in [4.69, 9.17) is 23.2 Å². The second kappa shape index (κ2) is 10.4. The number of benzene rings is 3. The lowest BCUT2D eigenvalue weighted by Gasteiger charge is -2.42. The van der Waals surface area contributed by atoms with Crippen LogP contribution >= 0.6 is 35.0 Å². The fourth-order valence-corrected chi connectivity index (χ4v) is 5.80. The number of aryl methyl sites for hydroxylation is 1. The van der Waals surface area contributed by atoms with Crippen LogP contribution in [0.15, 0.2) is 88.5 Å². The summed E-state index contributed by atoms with van der Waals surface area (Å²) in [6.45, 7) is 1.98. The van der Waals surface area contributed by atoms with Crippen LogP contribution in [-0.2, 0) is 4.79 Å². The van der Waals surface area contributed by atoms with Crippen LogP contribution in [0.25, 0.3) is 5.76 Å². The molecule has 188 valence electrons. The van der Waals surface area contributed by atoms with Gasteiger partial charge >= 0.3 is 0 Å². The van der Waals surface area contributed by atoms with Crippen molar-refractivity contribution in [2.75, 3.05) is 11.2 Å². The molecule has 0 saturated carbocycles. The smallest absolute Gasteiger partial charge is 0.161 e. The maximum atomic E-state index is 13.6. The molecule has 2 N–H and O–H groups in total. The number of aliphatic hydroxyl groups excluding tert-OH is 1.